The van der Waals surface area contributed by atoms with E-state index in [0.29, 0.717) is 6.61 Å². The van der Waals surface area contributed by atoms with E-state index in [9.17, 15) is 0 Å². The molecule has 0 spiro atoms. The minimum Gasteiger partial charge on any atom is -0.493 e. The molecule has 0 saturated heterocycles. The Balaban J connectivity index is 2.15. The minimum atomic E-state index is 0.677. The number of aromatic amines is 1. The summed E-state index contributed by atoms with van der Waals surface area (Å²) < 4.78 is 11.1. The van der Waals surface area contributed by atoms with Crippen LogP contribution in [0.5, 0.6) is 11.5 Å². The van der Waals surface area contributed by atoms with E-state index in [1.807, 2.05) is 31.3 Å². The highest BCUT2D eigenvalue weighted by Crippen LogP contribution is 2.31. The summed E-state index contributed by atoms with van der Waals surface area (Å²) in [6.45, 7) is 6.88. The Morgan fingerprint density at radius 3 is 2.73 bits per heavy atom. The highest BCUT2D eigenvalue weighted by atomic mass is 16.5. The van der Waals surface area contributed by atoms with Crippen LogP contribution in [0.4, 0.5) is 5.69 Å². The van der Waals surface area contributed by atoms with Crippen LogP contribution in [0.15, 0.2) is 36.2 Å². The lowest BCUT2D eigenvalue weighted by Crippen LogP contribution is -2.00. The van der Waals surface area contributed by atoms with Crippen LogP contribution < -0.4 is 14.8 Å². The smallest absolute Gasteiger partial charge is 0.163 e. The van der Waals surface area contributed by atoms with E-state index in [4.69, 9.17) is 9.47 Å². The molecule has 0 fully saturated rings. The Bertz CT molecular complexity index is 644. The number of hydrogen-bond acceptors (Lipinski definition) is 3. The van der Waals surface area contributed by atoms with Gasteiger partial charge in [0.25, 0.3) is 0 Å². The number of nitrogens with one attached hydrogen (secondary N) is 2. The Morgan fingerprint density at radius 2 is 2.09 bits per heavy atom. The maximum atomic E-state index is 5.73. The standard InChI is InChI=1S/C18H24N2O2/c1-5-10-22-18-12-15(6-7-17(18)21-4)20-14(3)11-16-13(2)8-9-19-16/h6-9,11-12,19-20H,5,10H2,1-4H3/b14-11+. The molecule has 4 nitrogen and oxygen atoms in total. The van der Waals surface area contributed by atoms with Gasteiger partial charge in [-0.1, -0.05) is 6.92 Å². The van der Waals surface area contributed by atoms with Crippen molar-refractivity contribution >= 4 is 11.8 Å². The Hall–Kier alpha value is -2.36. The third-order valence-corrected chi connectivity index (χ3v) is 3.32. The second-order valence-corrected chi connectivity index (χ2v) is 5.24. The maximum absolute atomic E-state index is 5.73. The minimum absolute atomic E-state index is 0.677. The van der Waals surface area contributed by atoms with Gasteiger partial charge in [-0.05, 0) is 50.1 Å². The number of H-pyrrole nitrogens is 1. The summed E-state index contributed by atoms with van der Waals surface area (Å²) in [5, 5.41) is 3.38. The van der Waals surface area contributed by atoms with Crippen LogP contribution in [0.25, 0.3) is 6.08 Å². The van der Waals surface area contributed by atoms with Gasteiger partial charge in [-0.25, -0.2) is 0 Å². The lowest BCUT2D eigenvalue weighted by Gasteiger charge is -2.13. The van der Waals surface area contributed by atoms with E-state index in [0.717, 1.165) is 35.0 Å². The van der Waals surface area contributed by atoms with Crippen LogP contribution in [0, 0.1) is 6.92 Å². The van der Waals surface area contributed by atoms with E-state index >= 15 is 0 Å². The number of benzene rings is 1. The monoisotopic (exact) mass is 300 g/mol. The molecule has 1 aromatic heterocycles. The van der Waals surface area contributed by atoms with Crippen molar-refractivity contribution in [1.82, 2.24) is 4.98 Å². The van der Waals surface area contributed by atoms with Crippen LogP contribution in [0.1, 0.15) is 31.5 Å². The second-order valence-electron chi connectivity index (χ2n) is 5.24. The third-order valence-electron chi connectivity index (χ3n) is 3.32. The Labute approximate surface area is 132 Å². The molecule has 0 saturated carbocycles. The number of anilines is 1. The van der Waals surface area contributed by atoms with Gasteiger partial charge in [0, 0.05) is 29.3 Å². The summed E-state index contributed by atoms with van der Waals surface area (Å²) >= 11 is 0. The highest BCUT2D eigenvalue weighted by Gasteiger charge is 2.06. The molecule has 0 radical (unpaired) electrons. The summed E-state index contributed by atoms with van der Waals surface area (Å²) in [6, 6.07) is 7.92. The molecule has 0 aliphatic rings. The van der Waals surface area contributed by atoms with Crippen LogP contribution >= 0.6 is 0 Å². The molecule has 0 aliphatic carbocycles. The molecular weight excluding hydrogens is 276 g/mol. The van der Waals surface area contributed by atoms with Gasteiger partial charge in [0.1, 0.15) is 0 Å². The van der Waals surface area contributed by atoms with Gasteiger partial charge in [0.2, 0.25) is 0 Å². The van der Waals surface area contributed by atoms with E-state index < -0.39 is 0 Å². The summed E-state index contributed by atoms with van der Waals surface area (Å²) in [5.41, 5.74) is 4.37. The molecule has 1 heterocycles. The average Bonchev–Trinajstić information content (AvgIpc) is 2.90. The number of ether oxygens (including phenoxy) is 2. The van der Waals surface area contributed by atoms with Crippen molar-refractivity contribution in [3.63, 3.8) is 0 Å². The zero-order chi connectivity index (χ0) is 15.9. The van der Waals surface area contributed by atoms with Gasteiger partial charge in [0.05, 0.1) is 13.7 Å². The largest absolute Gasteiger partial charge is 0.493 e. The highest BCUT2D eigenvalue weighted by molar-refractivity contribution is 5.62. The molecule has 1 aromatic carbocycles. The molecular formula is C18H24N2O2. The molecule has 2 rings (SSSR count). The molecule has 22 heavy (non-hydrogen) atoms. The third kappa shape index (κ3) is 4.07. The topological polar surface area (TPSA) is 46.3 Å². The predicted octanol–water partition coefficient (Wildman–Crippen LogP) is 4.59. The SMILES string of the molecule is CCCOc1cc(N/C(C)=C/c2[nH]ccc2C)ccc1OC. The maximum Gasteiger partial charge on any atom is 0.163 e. The first-order valence-electron chi connectivity index (χ1n) is 7.54. The molecule has 2 aromatic rings. The Kier molecular flexibility index (Phi) is 5.53. The predicted molar refractivity (Wildman–Crippen MR) is 91.6 cm³/mol. The van der Waals surface area contributed by atoms with E-state index in [1.54, 1.807) is 7.11 Å². The summed E-state index contributed by atoms with van der Waals surface area (Å²) in [7, 11) is 1.65. The van der Waals surface area contributed by atoms with Crippen molar-refractivity contribution in [3.8, 4) is 11.5 Å². The molecule has 4 heteroatoms. The van der Waals surface area contributed by atoms with Gasteiger partial charge in [0.15, 0.2) is 11.5 Å². The molecule has 0 atom stereocenters. The number of aromatic nitrogens is 1. The zero-order valence-corrected chi connectivity index (χ0v) is 13.7. The summed E-state index contributed by atoms with van der Waals surface area (Å²) in [5.74, 6) is 1.51. The fourth-order valence-corrected chi connectivity index (χ4v) is 2.18. The van der Waals surface area contributed by atoms with Crippen LogP contribution in [-0.2, 0) is 0 Å². The van der Waals surface area contributed by atoms with E-state index in [2.05, 4.69) is 36.3 Å². The number of aryl methyl sites for hydroxylation is 1. The summed E-state index contributed by atoms with van der Waals surface area (Å²) in [4.78, 5) is 3.22. The van der Waals surface area contributed by atoms with Crippen molar-refractivity contribution < 1.29 is 9.47 Å². The first-order chi connectivity index (χ1) is 10.6. The normalized spacial score (nSPS) is 11.4. The molecule has 0 unspecified atom stereocenters. The van der Waals surface area contributed by atoms with Gasteiger partial charge >= 0.3 is 0 Å². The molecule has 118 valence electrons. The van der Waals surface area contributed by atoms with Gasteiger partial charge in [-0.3, -0.25) is 0 Å². The second kappa shape index (κ2) is 7.59. The molecule has 0 amide bonds. The van der Waals surface area contributed by atoms with Gasteiger partial charge in [-0.15, -0.1) is 0 Å². The molecule has 0 aliphatic heterocycles. The van der Waals surface area contributed by atoms with Crippen molar-refractivity contribution in [2.24, 2.45) is 0 Å². The summed E-state index contributed by atoms with van der Waals surface area (Å²) in [6.07, 6.45) is 5.00. The van der Waals surface area contributed by atoms with E-state index in [-0.39, 0.29) is 0 Å². The Morgan fingerprint density at radius 1 is 1.27 bits per heavy atom. The van der Waals surface area contributed by atoms with Gasteiger partial charge in [-0.2, -0.15) is 0 Å². The molecule has 2 N–H and O–H groups in total. The lowest BCUT2D eigenvalue weighted by molar-refractivity contribution is 0.294. The van der Waals surface area contributed by atoms with Crippen LogP contribution in [0.3, 0.4) is 0 Å². The first kappa shape index (κ1) is 16.0. The number of hydrogen-bond donors (Lipinski definition) is 2. The van der Waals surface area contributed by atoms with Crippen molar-refractivity contribution in [2.45, 2.75) is 27.2 Å². The van der Waals surface area contributed by atoms with Crippen LogP contribution in [0.2, 0.25) is 0 Å². The van der Waals surface area contributed by atoms with Crippen molar-refractivity contribution in [1.29, 1.82) is 0 Å². The van der Waals surface area contributed by atoms with Crippen molar-refractivity contribution in [2.75, 3.05) is 19.0 Å². The number of rotatable bonds is 7. The molecule has 0 bridgehead atoms. The quantitative estimate of drug-likeness (QED) is 0.786. The van der Waals surface area contributed by atoms with Crippen molar-refractivity contribution in [3.05, 3.63) is 47.4 Å². The van der Waals surface area contributed by atoms with E-state index in [1.165, 1.54) is 5.56 Å². The number of allylic oxidation sites excluding steroid dienone is 1. The van der Waals surface area contributed by atoms with Crippen LogP contribution in [-0.4, -0.2) is 18.7 Å². The first-order valence-corrected chi connectivity index (χ1v) is 7.54. The fourth-order valence-electron chi connectivity index (χ4n) is 2.18. The lowest BCUT2D eigenvalue weighted by atomic mass is 10.2. The fraction of sp³-hybridized carbons (Fsp3) is 0.333. The van der Waals surface area contributed by atoms with Gasteiger partial charge < -0.3 is 19.8 Å². The average molecular weight is 300 g/mol. The number of methoxy groups -OCH3 is 1. The zero-order valence-electron chi connectivity index (χ0n) is 13.7.